The average molecular weight is 368 g/mol. The third-order valence-corrected chi connectivity index (χ3v) is 4.94. The summed E-state index contributed by atoms with van der Waals surface area (Å²) in [7, 11) is 0. The number of aryl methyl sites for hydroxylation is 1. The zero-order chi connectivity index (χ0) is 18.9. The topological polar surface area (TPSA) is 67.2 Å². The van der Waals surface area contributed by atoms with Crippen molar-refractivity contribution in [1.82, 2.24) is 20.0 Å². The van der Waals surface area contributed by atoms with Crippen LogP contribution in [0.1, 0.15) is 32.1 Å². The summed E-state index contributed by atoms with van der Waals surface area (Å²) < 4.78 is 1.37. The number of carbonyl (C=O) groups is 1. The molecule has 0 spiro atoms. The standard InChI is InChI=1S/C21H28N4O2/c26-20(22-13-17-24-14-6-1-2-7-15-24)12-16-25-21(27)11-10-19(23-25)18-8-4-3-5-9-18/h3-5,8-11H,1-2,6-7,12-17H2,(H,22,26). The first-order valence-corrected chi connectivity index (χ1v) is 9.85. The van der Waals surface area contributed by atoms with Gasteiger partial charge in [-0.25, -0.2) is 4.68 Å². The van der Waals surface area contributed by atoms with E-state index < -0.39 is 0 Å². The number of hydrogen-bond acceptors (Lipinski definition) is 4. The second kappa shape index (κ2) is 10.0. The number of amides is 1. The van der Waals surface area contributed by atoms with Crippen molar-refractivity contribution >= 4 is 5.91 Å². The molecule has 0 saturated carbocycles. The van der Waals surface area contributed by atoms with Crippen molar-refractivity contribution in [1.29, 1.82) is 0 Å². The molecule has 6 heteroatoms. The van der Waals surface area contributed by atoms with Gasteiger partial charge in [-0.1, -0.05) is 43.2 Å². The molecule has 1 saturated heterocycles. The molecule has 1 fully saturated rings. The van der Waals surface area contributed by atoms with E-state index in [1.165, 1.54) is 36.4 Å². The zero-order valence-corrected chi connectivity index (χ0v) is 15.8. The summed E-state index contributed by atoms with van der Waals surface area (Å²) in [5.74, 6) is -0.0383. The van der Waals surface area contributed by atoms with Crippen molar-refractivity contribution < 1.29 is 4.79 Å². The van der Waals surface area contributed by atoms with Gasteiger partial charge in [-0.2, -0.15) is 5.10 Å². The van der Waals surface area contributed by atoms with Gasteiger partial charge in [0.2, 0.25) is 5.91 Å². The molecule has 6 nitrogen and oxygen atoms in total. The summed E-state index contributed by atoms with van der Waals surface area (Å²) >= 11 is 0. The van der Waals surface area contributed by atoms with Gasteiger partial charge in [0, 0.05) is 31.1 Å². The summed E-state index contributed by atoms with van der Waals surface area (Å²) in [6, 6.07) is 12.9. The molecule has 0 bridgehead atoms. The monoisotopic (exact) mass is 368 g/mol. The van der Waals surface area contributed by atoms with Crippen molar-refractivity contribution in [2.75, 3.05) is 26.2 Å². The molecule has 1 amide bonds. The van der Waals surface area contributed by atoms with Crippen LogP contribution in [0.4, 0.5) is 0 Å². The predicted molar refractivity (Wildman–Crippen MR) is 106 cm³/mol. The Kier molecular flexibility index (Phi) is 7.16. The first-order valence-electron chi connectivity index (χ1n) is 9.85. The normalized spacial score (nSPS) is 15.3. The molecule has 1 aliphatic rings. The number of nitrogens with one attached hydrogen (secondary N) is 1. The summed E-state index contributed by atoms with van der Waals surface area (Å²) in [6.45, 7) is 4.09. The fraction of sp³-hybridized carbons (Fsp3) is 0.476. The lowest BCUT2D eigenvalue weighted by molar-refractivity contribution is -0.121. The van der Waals surface area contributed by atoms with Crippen LogP contribution in [0.5, 0.6) is 0 Å². The minimum absolute atomic E-state index is 0.0383. The Morgan fingerprint density at radius 3 is 2.44 bits per heavy atom. The number of aromatic nitrogens is 2. The highest BCUT2D eigenvalue weighted by Gasteiger charge is 2.10. The quantitative estimate of drug-likeness (QED) is 0.814. The minimum Gasteiger partial charge on any atom is -0.355 e. The fourth-order valence-electron chi connectivity index (χ4n) is 3.38. The van der Waals surface area contributed by atoms with E-state index in [0.29, 0.717) is 6.54 Å². The smallest absolute Gasteiger partial charge is 0.266 e. The Balaban J connectivity index is 1.47. The van der Waals surface area contributed by atoms with E-state index in [0.717, 1.165) is 30.9 Å². The Morgan fingerprint density at radius 1 is 0.963 bits per heavy atom. The Hall–Kier alpha value is -2.47. The predicted octanol–water partition coefficient (Wildman–Crippen LogP) is 2.29. The first kappa shape index (κ1) is 19.3. The van der Waals surface area contributed by atoms with Gasteiger partial charge in [0.05, 0.1) is 12.2 Å². The minimum atomic E-state index is -0.188. The molecule has 1 aromatic carbocycles. The number of hydrogen-bond donors (Lipinski definition) is 1. The Labute approximate surface area is 160 Å². The van der Waals surface area contributed by atoms with Crippen LogP contribution in [0.25, 0.3) is 11.3 Å². The van der Waals surface area contributed by atoms with Gasteiger partial charge in [-0.15, -0.1) is 0 Å². The Bertz CT molecular complexity index is 780. The van der Waals surface area contributed by atoms with Crippen molar-refractivity contribution in [3.05, 3.63) is 52.8 Å². The lowest BCUT2D eigenvalue weighted by Crippen LogP contribution is -2.36. The van der Waals surface area contributed by atoms with Gasteiger partial charge >= 0.3 is 0 Å². The zero-order valence-electron chi connectivity index (χ0n) is 15.8. The summed E-state index contributed by atoms with van der Waals surface area (Å²) in [4.78, 5) is 26.6. The molecule has 2 heterocycles. The van der Waals surface area contributed by atoms with E-state index in [2.05, 4.69) is 15.3 Å². The molecule has 1 aromatic heterocycles. The lowest BCUT2D eigenvalue weighted by Gasteiger charge is -2.19. The molecule has 27 heavy (non-hydrogen) atoms. The number of carbonyl (C=O) groups excluding carboxylic acids is 1. The van der Waals surface area contributed by atoms with Crippen LogP contribution in [-0.2, 0) is 11.3 Å². The molecule has 2 aromatic rings. The molecule has 0 aliphatic carbocycles. The molecule has 0 unspecified atom stereocenters. The van der Waals surface area contributed by atoms with E-state index in [4.69, 9.17) is 0 Å². The van der Waals surface area contributed by atoms with Crippen LogP contribution in [0.3, 0.4) is 0 Å². The fourth-order valence-corrected chi connectivity index (χ4v) is 3.38. The highest BCUT2D eigenvalue weighted by Crippen LogP contribution is 2.14. The maximum atomic E-state index is 12.1. The molecule has 0 atom stereocenters. The SMILES string of the molecule is O=C(CCn1nc(-c2ccccc2)ccc1=O)NCCN1CCCCCC1. The summed E-state index contributed by atoms with van der Waals surface area (Å²) in [6.07, 6.45) is 5.38. The van der Waals surface area contributed by atoms with E-state index >= 15 is 0 Å². The number of benzene rings is 1. The highest BCUT2D eigenvalue weighted by molar-refractivity contribution is 5.75. The van der Waals surface area contributed by atoms with Crippen molar-refractivity contribution in [3.8, 4) is 11.3 Å². The van der Waals surface area contributed by atoms with E-state index in [1.807, 2.05) is 30.3 Å². The number of likely N-dealkylation sites (tertiary alicyclic amines) is 1. The third kappa shape index (κ3) is 6.03. The number of nitrogens with zero attached hydrogens (tertiary/aromatic N) is 3. The van der Waals surface area contributed by atoms with Gasteiger partial charge in [-0.05, 0) is 32.0 Å². The highest BCUT2D eigenvalue weighted by atomic mass is 16.2. The maximum absolute atomic E-state index is 12.1. The van der Waals surface area contributed by atoms with Gasteiger partial charge in [0.1, 0.15) is 0 Å². The van der Waals surface area contributed by atoms with Crippen LogP contribution in [0.2, 0.25) is 0 Å². The van der Waals surface area contributed by atoms with E-state index in [9.17, 15) is 9.59 Å². The van der Waals surface area contributed by atoms with Crippen LogP contribution >= 0.6 is 0 Å². The van der Waals surface area contributed by atoms with E-state index in [-0.39, 0.29) is 24.4 Å². The second-order valence-corrected chi connectivity index (χ2v) is 7.00. The lowest BCUT2D eigenvalue weighted by atomic mass is 10.1. The van der Waals surface area contributed by atoms with Crippen LogP contribution in [-0.4, -0.2) is 46.8 Å². The van der Waals surface area contributed by atoms with Gasteiger partial charge in [-0.3, -0.25) is 9.59 Å². The third-order valence-electron chi connectivity index (χ3n) is 4.94. The second-order valence-electron chi connectivity index (χ2n) is 7.00. The van der Waals surface area contributed by atoms with Crippen LogP contribution < -0.4 is 10.9 Å². The van der Waals surface area contributed by atoms with Crippen LogP contribution in [0, 0.1) is 0 Å². The van der Waals surface area contributed by atoms with Gasteiger partial charge in [0.25, 0.3) is 5.56 Å². The van der Waals surface area contributed by atoms with Crippen LogP contribution in [0.15, 0.2) is 47.3 Å². The van der Waals surface area contributed by atoms with Crippen molar-refractivity contribution in [3.63, 3.8) is 0 Å². The van der Waals surface area contributed by atoms with Gasteiger partial charge in [0.15, 0.2) is 0 Å². The molecule has 1 N–H and O–H groups in total. The van der Waals surface area contributed by atoms with Gasteiger partial charge < -0.3 is 10.2 Å². The number of rotatable bonds is 7. The van der Waals surface area contributed by atoms with Crippen molar-refractivity contribution in [2.45, 2.75) is 38.6 Å². The van der Waals surface area contributed by atoms with Crippen molar-refractivity contribution in [2.24, 2.45) is 0 Å². The molecule has 3 rings (SSSR count). The molecular formula is C21H28N4O2. The molecular weight excluding hydrogens is 340 g/mol. The average Bonchev–Trinajstić information content (AvgIpc) is 2.97. The largest absolute Gasteiger partial charge is 0.355 e. The Morgan fingerprint density at radius 2 is 1.70 bits per heavy atom. The first-order chi connectivity index (χ1) is 13.2. The summed E-state index contributed by atoms with van der Waals surface area (Å²) in [5.41, 5.74) is 1.50. The molecule has 0 radical (unpaired) electrons. The molecule has 1 aliphatic heterocycles. The summed E-state index contributed by atoms with van der Waals surface area (Å²) in [5, 5.41) is 7.36. The molecule has 144 valence electrons. The maximum Gasteiger partial charge on any atom is 0.266 e. The van der Waals surface area contributed by atoms with E-state index in [1.54, 1.807) is 6.07 Å².